The topological polar surface area (TPSA) is 92.8 Å². The summed E-state index contributed by atoms with van der Waals surface area (Å²) in [6.45, 7) is 4.32. The number of aliphatic imine (C=N–C) groups is 1. The van der Waals surface area contributed by atoms with E-state index in [9.17, 15) is 4.79 Å². The van der Waals surface area contributed by atoms with Crippen LogP contribution in [-0.2, 0) is 4.74 Å². The third-order valence-corrected chi connectivity index (χ3v) is 5.65. The van der Waals surface area contributed by atoms with Gasteiger partial charge in [-0.3, -0.25) is 4.99 Å². The molecule has 0 aliphatic carbocycles. The van der Waals surface area contributed by atoms with Gasteiger partial charge < -0.3 is 20.7 Å². The number of ether oxygens (including phenoxy) is 1. The number of piperidine rings is 1. The summed E-state index contributed by atoms with van der Waals surface area (Å²) in [7, 11) is 0. The number of carbonyl (C=O) groups excluding carboxylic acids is 1. The van der Waals surface area contributed by atoms with E-state index in [4.69, 9.17) is 10.5 Å². The van der Waals surface area contributed by atoms with Crippen molar-refractivity contribution in [2.24, 2.45) is 10.7 Å². The molecule has 0 bridgehead atoms. The zero-order valence-electron chi connectivity index (χ0n) is 14.3. The lowest BCUT2D eigenvalue weighted by molar-refractivity contribution is 0.0963. The van der Waals surface area contributed by atoms with Crippen molar-refractivity contribution in [3.63, 3.8) is 0 Å². The Morgan fingerprint density at radius 2 is 2.32 bits per heavy atom. The van der Waals surface area contributed by atoms with Crippen LogP contribution >= 0.6 is 47.1 Å². The fraction of sp³-hybridized carbons (Fsp3) is 0.667. The second-order valence-corrected chi connectivity index (χ2v) is 7.61. The molecular weight excluding hydrogens is 473 g/mol. The zero-order valence-corrected chi connectivity index (χ0v) is 18.3. The minimum Gasteiger partial charge on any atom is -0.450 e. The van der Waals surface area contributed by atoms with Crippen LogP contribution in [0.5, 0.6) is 0 Å². The van der Waals surface area contributed by atoms with Gasteiger partial charge in [-0.1, -0.05) is 11.8 Å². The van der Waals surface area contributed by atoms with Crippen molar-refractivity contribution in [3.8, 4) is 0 Å². The molecule has 142 valence electrons. The molecule has 0 radical (unpaired) electrons. The number of rotatable bonds is 7. The molecule has 0 saturated carbocycles. The van der Waals surface area contributed by atoms with E-state index in [0.29, 0.717) is 32.2 Å². The third kappa shape index (κ3) is 8.45. The lowest BCUT2D eigenvalue weighted by Gasteiger charge is -2.31. The van der Waals surface area contributed by atoms with Crippen molar-refractivity contribution in [2.75, 3.05) is 32.0 Å². The number of nitrogens with zero attached hydrogens (tertiary/aromatic N) is 3. The van der Waals surface area contributed by atoms with Crippen LogP contribution in [0.1, 0.15) is 26.2 Å². The normalized spacial score (nSPS) is 15.6. The van der Waals surface area contributed by atoms with Crippen molar-refractivity contribution < 1.29 is 9.53 Å². The Hall–Kier alpha value is -0.750. The minimum absolute atomic E-state index is 0. The molecule has 1 aromatic rings. The Bertz CT molecular complexity index is 522. The average molecular weight is 499 g/mol. The van der Waals surface area contributed by atoms with Crippen LogP contribution in [0.15, 0.2) is 20.9 Å². The largest absolute Gasteiger partial charge is 0.450 e. The molecule has 0 atom stereocenters. The molecular formula is C15H26IN5O2S2. The molecule has 2 heterocycles. The summed E-state index contributed by atoms with van der Waals surface area (Å²) in [4.78, 5) is 22.0. The van der Waals surface area contributed by atoms with Gasteiger partial charge in [0, 0.05) is 43.0 Å². The summed E-state index contributed by atoms with van der Waals surface area (Å²) in [5, 5.41) is 5.23. The Morgan fingerprint density at radius 1 is 1.56 bits per heavy atom. The summed E-state index contributed by atoms with van der Waals surface area (Å²) in [5.41, 5.74) is 5.94. The number of halogens is 1. The van der Waals surface area contributed by atoms with E-state index < -0.39 is 0 Å². The molecule has 10 heteroatoms. The molecule has 25 heavy (non-hydrogen) atoms. The second kappa shape index (κ2) is 12.6. The van der Waals surface area contributed by atoms with Gasteiger partial charge in [-0.25, -0.2) is 9.78 Å². The van der Waals surface area contributed by atoms with Gasteiger partial charge in [0.1, 0.15) is 4.34 Å². The molecule has 7 nitrogen and oxygen atoms in total. The molecule has 1 aliphatic heterocycles. The number of carbonyl (C=O) groups is 1. The van der Waals surface area contributed by atoms with E-state index in [1.807, 2.05) is 18.5 Å². The standard InChI is InChI=1S/C15H25N5O2S2.HI/c1-2-22-15(21)20-8-4-12(5-9-20)19-13(16)17-6-3-10-23-14-18-7-11-24-14;/h7,11-12H,2-6,8-10H2,1H3,(H3,16,17,19);1H. The lowest BCUT2D eigenvalue weighted by Crippen LogP contribution is -2.48. The monoisotopic (exact) mass is 499 g/mol. The van der Waals surface area contributed by atoms with Crippen LogP contribution in [0.4, 0.5) is 4.79 Å². The molecule has 1 amide bonds. The Morgan fingerprint density at radius 3 is 2.96 bits per heavy atom. The molecule has 1 aliphatic rings. The molecule has 1 aromatic heterocycles. The number of nitrogens with one attached hydrogen (secondary N) is 1. The number of aromatic nitrogens is 1. The van der Waals surface area contributed by atoms with Crippen LogP contribution in [0.25, 0.3) is 0 Å². The number of hydrogen-bond acceptors (Lipinski definition) is 6. The van der Waals surface area contributed by atoms with E-state index in [1.54, 1.807) is 28.0 Å². The molecule has 1 fully saturated rings. The highest BCUT2D eigenvalue weighted by Crippen LogP contribution is 2.20. The Labute approximate surface area is 174 Å². The smallest absolute Gasteiger partial charge is 0.409 e. The van der Waals surface area contributed by atoms with Crippen LogP contribution < -0.4 is 11.1 Å². The maximum absolute atomic E-state index is 11.6. The number of hydrogen-bond donors (Lipinski definition) is 2. The van der Waals surface area contributed by atoms with Crippen molar-refractivity contribution in [2.45, 2.75) is 36.6 Å². The van der Waals surface area contributed by atoms with E-state index in [1.165, 1.54) is 0 Å². The SMILES string of the molecule is CCOC(=O)N1CCC(NC(N)=NCCCSc2nccs2)CC1.I. The number of amides is 1. The first-order chi connectivity index (χ1) is 11.7. The maximum Gasteiger partial charge on any atom is 0.409 e. The highest BCUT2D eigenvalue weighted by molar-refractivity contribution is 14.0. The van der Waals surface area contributed by atoms with Gasteiger partial charge in [-0.2, -0.15) is 0 Å². The van der Waals surface area contributed by atoms with E-state index in [-0.39, 0.29) is 36.1 Å². The lowest BCUT2D eigenvalue weighted by atomic mass is 10.1. The predicted molar refractivity (Wildman–Crippen MR) is 114 cm³/mol. The molecule has 0 spiro atoms. The third-order valence-electron chi connectivity index (χ3n) is 3.59. The van der Waals surface area contributed by atoms with E-state index in [2.05, 4.69) is 15.3 Å². The average Bonchev–Trinajstić information content (AvgIpc) is 3.09. The van der Waals surface area contributed by atoms with Crippen molar-refractivity contribution >= 4 is 59.1 Å². The van der Waals surface area contributed by atoms with Gasteiger partial charge in [-0.15, -0.1) is 35.3 Å². The maximum atomic E-state index is 11.6. The minimum atomic E-state index is -0.227. The van der Waals surface area contributed by atoms with Crippen LogP contribution in [-0.4, -0.2) is 60.0 Å². The molecule has 0 aromatic carbocycles. The summed E-state index contributed by atoms with van der Waals surface area (Å²) in [5.74, 6) is 1.48. The van der Waals surface area contributed by atoms with Crippen LogP contribution in [0, 0.1) is 0 Å². The van der Waals surface area contributed by atoms with Crippen LogP contribution in [0.3, 0.4) is 0 Å². The number of thiazole rings is 1. The van der Waals surface area contributed by atoms with Gasteiger partial charge in [-0.05, 0) is 26.2 Å². The summed E-state index contributed by atoms with van der Waals surface area (Å²) < 4.78 is 6.11. The molecule has 0 unspecified atom stereocenters. The first-order valence-corrected chi connectivity index (χ1v) is 10.1. The van der Waals surface area contributed by atoms with Gasteiger partial charge in [0.25, 0.3) is 0 Å². The highest BCUT2D eigenvalue weighted by Gasteiger charge is 2.23. The van der Waals surface area contributed by atoms with E-state index in [0.717, 1.165) is 29.4 Å². The summed E-state index contributed by atoms with van der Waals surface area (Å²) in [6, 6.07) is 0.268. The van der Waals surface area contributed by atoms with Gasteiger partial charge >= 0.3 is 6.09 Å². The number of thioether (sulfide) groups is 1. The first-order valence-electron chi connectivity index (χ1n) is 8.19. The fourth-order valence-electron chi connectivity index (χ4n) is 2.38. The number of likely N-dealkylation sites (tertiary alicyclic amines) is 1. The summed E-state index contributed by atoms with van der Waals surface area (Å²) >= 11 is 3.41. The van der Waals surface area contributed by atoms with Gasteiger partial charge in [0.15, 0.2) is 5.96 Å². The first kappa shape index (κ1) is 22.3. The number of guanidine groups is 1. The zero-order chi connectivity index (χ0) is 17.2. The second-order valence-electron chi connectivity index (χ2n) is 5.37. The fourth-order valence-corrected chi connectivity index (χ4v) is 4.01. The summed E-state index contributed by atoms with van der Waals surface area (Å²) in [6.07, 6.45) is 4.27. The molecule has 1 saturated heterocycles. The molecule has 2 rings (SSSR count). The quantitative estimate of drug-likeness (QED) is 0.197. The van der Waals surface area contributed by atoms with Crippen molar-refractivity contribution in [3.05, 3.63) is 11.6 Å². The predicted octanol–water partition coefficient (Wildman–Crippen LogP) is 2.77. The van der Waals surface area contributed by atoms with Crippen molar-refractivity contribution in [1.82, 2.24) is 15.2 Å². The number of nitrogens with two attached hydrogens (primary N) is 1. The van der Waals surface area contributed by atoms with Gasteiger partial charge in [0.05, 0.1) is 6.61 Å². The Kier molecular flexibility index (Phi) is 11.2. The van der Waals surface area contributed by atoms with Crippen LogP contribution in [0.2, 0.25) is 0 Å². The Balaban J connectivity index is 0.00000312. The van der Waals surface area contributed by atoms with Crippen molar-refractivity contribution in [1.29, 1.82) is 0 Å². The molecule has 3 N–H and O–H groups in total. The van der Waals surface area contributed by atoms with Gasteiger partial charge in [0.2, 0.25) is 0 Å². The highest BCUT2D eigenvalue weighted by atomic mass is 127. The van der Waals surface area contributed by atoms with E-state index >= 15 is 0 Å².